The summed E-state index contributed by atoms with van der Waals surface area (Å²) < 4.78 is 5.25. The van der Waals surface area contributed by atoms with E-state index in [2.05, 4.69) is 17.5 Å². The average molecular weight is 388 g/mol. The van der Waals surface area contributed by atoms with Gasteiger partial charge < -0.3 is 10.1 Å². The summed E-state index contributed by atoms with van der Waals surface area (Å²) in [4.78, 5) is 39.7. The van der Waals surface area contributed by atoms with Crippen LogP contribution in [0, 0.1) is 23.7 Å². The zero-order valence-electron chi connectivity index (χ0n) is 15.9. The number of fused-ring (bicyclic) bond motifs is 5. The molecule has 6 nitrogen and oxygen atoms in total. The van der Waals surface area contributed by atoms with Crippen LogP contribution in [0.4, 0.5) is 11.4 Å². The van der Waals surface area contributed by atoms with Gasteiger partial charge in [-0.15, -0.1) is 0 Å². The van der Waals surface area contributed by atoms with Crippen LogP contribution in [0.2, 0.25) is 0 Å². The molecular formula is C23H20N2O4. The highest BCUT2D eigenvalue weighted by Crippen LogP contribution is 2.53. The predicted octanol–water partition coefficient (Wildman–Crippen LogP) is 3.26. The molecule has 2 aromatic carbocycles. The normalized spacial score (nSPS) is 26.7. The van der Waals surface area contributed by atoms with Crippen molar-refractivity contribution in [2.24, 2.45) is 23.7 Å². The summed E-state index contributed by atoms with van der Waals surface area (Å²) in [5.41, 5.74) is 1.52. The van der Waals surface area contributed by atoms with Crippen LogP contribution in [0.1, 0.15) is 16.8 Å². The summed E-state index contributed by atoms with van der Waals surface area (Å²) in [6.07, 6.45) is 5.06. The van der Waals surface area contributed by atoms with Gasteiger partial charge in [0.1, 0.15) is 5.75 Å². The molecule has 0 aromatic heterocycles. The van der Waals surface area contributed by atoms with E-state index in [1.54, 1.807) is 43.5 Å². The first-order chi connectivity index (χ1) is 14.1. The van der Waals surface area contributed by atoms with Crippen molar-refractivity contribution < 1.29 is 19.1 Å². The molecule has 3 aliphatic rings. The molecule has 0 unspecified atom stereocenters. The lowest BCUT2D eigenvalue weighted by Crippen LogP contribution is -2.32. The SMILES string of the molecule is COc1ccccc1NC(=O)c1ccc(N2C(=O)[C@@H]3[C@H](C2=O)[C@H]2C=C[C@H]3C2)cc1. The Labute approximate surface area is 168 Å². The smallest absolute Gasteiger partial charge is 0.255 e. The van der Waals surface area contributed by atoms with Gasteiger partial charge in [-0.25, -0.2) is 0 Å². The largest absolute Gasteiger partial charge is 0.495 e. The fourth-order valence-electron chi connectivity index (χ4n) is 4.86. The number of nitrogens with one attached hydrogen (secondary N) is 1. The van der Waals surface area contributed by atoms with E-state index in [1.807, 2.05) is 12.1 Å². The number of ether oxygens (including phenoxy) is 1. The number of methoxy groups -OCH3 is 1. The highest BCUT2D eigenvalue weighted by molar-refractivity contribution is 6.23. The van der Waals surface area contributed by atoms with E-state index < -0.39 is 0 Å². The molecule has 0 spiro atoms. The highest BCUT2D eigenvalue weighted by atomic mass is 16.5. The summed E-state index contributed by atoms with van der Waals surface area (Å²) in [5.74, 6) is -0.0716. The third-order valence-corrected chi connectivity index (χ3v) is 6.21. The van der Waals surface area contributed by atoms with Crippen LogP contribution >= 0.6 is 0 Å². The summed E-state index contributed by atoms with van der Waals surface area (Å²) in [6, 6.07) is 13.7. The Bertz CT molecular complexity index is 1010. The maximum absolute atomic E-state index is 12.9. The molecule has 2 bridgehead atoms. The van der Waals surface area contributed by atoms with Crippen molar-refractivity contribution in [3.8, 4) is 5.75 Å². The van der Waals surface area contributed by atoms with Crippen LogP contribution in [0.5, 0.6) is 5.75 Å². The zero-order chi connectivity index (χ0) is 20.1. The van der Waals surface area contributed by atoms with E-state index in [0.717, 1.165) is 6.42 Å². The van der Waals surface area contributed by atoms with Gasteiger partial charge in [0.25, 0.3) is 5.91 Å². The Morgan fingerprint density at radius 2 is 1.59 bits per heavy atom. The number of anilines is 2. The standard InChI is InChI=1S/C23H20N2O4/c1-29-18-5-3-2-4-17(18)24-21(26)13-8-10-16(11-9-13)25-22(27)19-14-6-7-15(12-14)20(19)23(25)28/h2-11,14-15,19-20H,12H2,1H3,(H,24,26)/t14-,15-,19-,20+/m0/s1. The lowest BCUT2D eigenvalue weighted by atomic mass is 9.85. The van der Waals surface area contributed by atoms with E-state index >= 15 is 0 Å². The van der Waals surface area contributed by atoms with Crippen molar-refractivity contribution in [3.05, 3.63) is 66.2 Å². The van der Waals surface area contributed by atoms with E-state index in [1.165, 1.54) is 4.90 Å². The second-order valence-corrected chi connectivity index (χ2v) is 7.71. The Hall–Kier alpha value is -3.41. The number of imide groups is 1. The highest BCUT2D eigenvalue weighted by Gasteiger charge is 2.59. The number of para-hydroxylation sites is 2. The van der Waals surface area contributed by atoms with Crippen molar-refractivity contribution in [1.29, 1.82) is 0 Å². The third kappa shape index (κ3) is 2.67. The van der Waals surface area contributed by atoms with Gasteiger partial charge in [0.15, 0.2) is 0 Å². The second kappa shape index (κ2) is 6.58. The number of allylic oxidation sites excluding steroid dienone is 2. The van der Waals surface area contributed by atoms with Gasteiger partial charge in [-0.2, -0.15) is 0 Å². The molecule has 1 aliphatic heterocycles. The van der Waals surface area contributed by atoms with Crippen LogP contribution in [0.25, 0.3) is 0 Å². The summed E-state index contributed by atoms with van der Waals surface area (Å²) >= 11 is 0. The molecule has 1 saturated heterocycles. The first-order valence-electron chi connectivity index (χ1n) is 9.69. The third-order valence-electron chi connectivity index (χ3n) is 6.21. The minimum Gasteiger partial charge on any atom is -0.495 e. The fraction of sp³-hybridized carbons (Fsp3) is 0.261. The van der Waals surface area contributed by atoms with Crippen molar-refractivity contribution in [3.63, 3.8) is 0 Å². The van der Waals surface area contributed by atoms with Gasteiger partial charge in [0.2, 0.25) is 11.8 Å². The summed E-state index contributed by atoms with van der Waals surface area (Å²) in [5, 5.41) is 2.82. The molecule has 3 amide bonds. The van der Waals surface area contributed by atoms with Gasteiger partial charge in [-0.1, -0.05) is 24.3 Å². The van der Waals surface area contributed by atoms with E-state index in [-0.39, 0.29) is 41.4 Å². The van der Waals surface area contributed by atoms with Crippen molar-refractivity contribution in [1.82, 2.24) is 0 Å². The number of carbonyl (C=O) groups is 3. The molecule has 1 N–H and O–H groups in total. The number of amides is 3. The minimum atomic E-state index is -0.292. The lowest BCUT2D eigenvalue weighted by molar-refractivity contribution is -0.123. The van der Waals surface area contributed by atoms with E-state index in [0.29, 0.717) is 22.7 Å². The molecule has 1 heterocycles. The number of hydrogen-bond acceptors (Lipinski definition) is 4. The number of carbonyl (C=O) groups excluding carboxylic acids is 3. The molecule has 29 heavy (non-hydrogen) atoms. The molecular weight excluding hydrogens is 368 g/mol. The van der Waals surface area contributed by atoms with Crippen molar-refractivity contribution in [2.45, 2.75) is 6.42 Å². The van der Waals surface area contributed by atoms with Crippen molar-refractivity contribution in [2.75, 3.05) is 17.3 Å². The van der Waals surface area contributed by atoms with Gasteiger partial charge in [-0.3, -0.25) is 19.3 Å². The monoisotopic (exact) mass is 388 g/mol. The number of rotatable bonds is 4. The Kier molecular flexibility index (Phi) is 4.01. The maximum atomic E-state index is 12.9. The van der Waals surface area contributed by atoms with Crippen LogP contribution < -0.4 is 15.0 Å². The summed E-state index contributed by atoms with van der Waals surface area (Å²) in [7, 11) is 1.54. The number of nitrogens with zero attached hydrogens (tertiary/aromatic N) is 1. The van der Waals surface area contributed by atoms with Gasteiger partial charge in [-0.05, 0) is 54.7 Å². The molecule has 6 heteroatoms. The molecule has 1 saturated carbocycles. The van der Waals surface area contributed by atoms with Crippen LogP contribution in [-0.2, 0) is 9.59 Å². The molecule has 4 atom stereocenters. The van der Waals surface area contributed by atoms with Gasteiger partial charge >= 0.3 is 0 Å². The molecule has 146 valence electrons. The van der Waals surface area contributed by atoms with Crippen molar-refractivity contribution >= 4 is 29.1 Å². The van der Waals surface area contributed by atoms with Crippen LogP contribution in [-0.4, -0.2) is 24.8 Å². The van der Waals surface area contributed by atoms with Gasteiger partial charge in [0, 0.05) is 5.56 Å². The van der Waals surface area contributed by atoms with E-state index in [4.69, 9.17) is 4.74 Å². The fourth-order valence-corrected chi connectivity index (χ4v) is 4.86. The van der Waals surface area contributed by atoms with Crippen LogP contribution in [0.15, 0.2) is 60.7 Å². The first kappa shape index (κ1) is 17.7. The number of benzene rings is 2. The topological polar surface area (TPSA) is 75.7 Å². The Balaban J connectivity index is 1.35. The maximum Gasteiger partial charge on any atom is 0.255 e. The quantitative estimate of drug-likeness (QED) is 0.644. The summed E-state index contributed by atoms with van der Waals surface area (Å²) in [6.45, 7) is 0. The average Bonchev–Trinajstić information content (AvgIpc) is 3.42. The minimum absolute atomic E-state index is 0.122. The number of hydrogen-bond donors (Lipinski definition) is 1. The molecule has 2 aliphatic carbocycles. The Morgan fingerprint density at radius 1 is 0.966 bits per heavy atom. The van der Waals surface area contributed by atoms with Gasteiger partial charge in [0.05, 0.1) is 30.3 Å². The second-order valence-electron chi connectivity index (χ2n) is 7.71. The molecule has 2 fully saturated rings. The zero-order valence-corrected chi connectivity index (χ0v) is 15.9. The molecule has 0 radical (unpaired) electrons. The Morgan fingerprint density at radius 3 is 2.21 bits per heavy atom. The molecule has 5 rings (SSSR count). The molecule has 2 aromatic rings. The van der Waals surface area contributed by atoms with Crippen LogP contribution in [0.3, 0.4) is 0 Å². The lowest BCUT2D eigenvalue weighted by Gasteiger charge is -2.17. The first-order valence-corrected chi connectivity index (χ1v) is 9.69. The van der Waals surface area contributed by atoms with E-state index in [9.17, 15) is 14.4 Å². The predicted molar refractivity (Wildman–Crippen MR) is 108 cm³/mol.